The molecule has 5 nitrogen and oxygen atoms in total. The van der Waals surface area contributed by atoms with Gasteiger partial charge in [0.25, 0.3) is 0 Å². The Morgan fingerprint density at radius 1 is 1.24 bits per heavy atom. The van der Waals surface area contributed by atoms with E-state index in [4.69, 9.17) is 4.74 Å². The fourth-order valence-electron chi connectivity index (χ4n) is 3.73. The number of hydrogen-bond acceptors (Lipinski definition) is 3. The molecule has 1 N–H and O–H groups in total. The van der Waals surface area contributed by atoms with E-state index in [2.05, 4.69) is 51.4 Å². The molecule has 3 rings (SSSR count). The molecule has 2 fully saturated rings. The lowest BCUT2D eigenvalue weighted by Gasteiger charge is -2.24. The smallest absolute Gasteiger partial charge is 0.193 e. The summed E-state index contributed by atoms with van der Waals surface area (Å²) in [6, 6.07) is 8.99. The topological polar surface area (TPSA) is 40.1 Å². The number of aliphatic imine (C=N–C) groups is 1. The van der Waals surface area contributed by atoms with Crippen LogP contribution in [0.25, 0.3) is 0 Å². The Labute approximate surface area is 152 Å². The Balaban J connectivity index is 1.45. The summed E-state index contributed by atoms with van der Waals surface area (Å²) in [5.74, 6) is 1.57. The zero-order valence-electron chi connectivity index (χ0n) is 15.7. The minimum atomic E-state index is 0.619. The second kappa shape index (κ2) is 9.20. The first-order valence-electron chi connectivity index (χ1n) is 9.54. The van der Waals surface area contributed by atoms with Crippen molar-refractivity contribution < 1.29 is 4.74 Å². The van der Waals surface area contributed by atoms with E-state index in [9.17, 15) is 0 Å². The van der Waals surface area contributed by atoms with Crippen LogP contribution in [-0.4, -0.2) is 62.7 Å². The molecule has 0 radical (unpaired) electrons. The Morgan fingerprint density at radius 3 is 2.60 bits per heavy atom. The lowest BCUT2D eigenvalue weighted by atomic mass is 10.1. The molecule has 2 saturated heterocycles. The van der Waals surface area contributed by atoms with Crippen LogP contribution in [0.1, 0.15) is 30.4 Å². The van der Waals surface area contributed by atoms with E-state index >= 15 is 0 Å². The molecular formula is C20H32N4O. The van der Waals surface area contributed by atoms with Gasteiger partial charge in [-0.1, -0.05) is 24.3 Å². The van der Waals surface area contributed by atoms with Gasteiger partial charge < -0.3 is 15.0 Å². The molecule has 1 unspecified atom stereocenters. The Bertz CT molecular complexity index is 545. The van der Waals surface area contributed by atoms with Crippen LogP contribution in [0.2, 0.25) is 0 Å². The summed E-state index contributed by atoms with van der Waals surface area (Å²) in [7, 11) is 3.95. The second-order valence-corrected chi connectivity index (χ2v) is 7.31. The molecule has 0 saturated carbocycles. The first-order chi connectivity index (χ1) is 12.2. The molecule has 0 amide bonds. The Kier molecular flexibility index (Phi) is 6.70. The van der Waals surface area contributed by atoms with Crippen LogP contribution in [0, 0.1) is 5.92 Å². The van der Waals surface area contributed by atoms with Crippen molar-refractivity contribution in [3.8, 4) is 0 Å². The molecule has 0 aliphatic carbocycles. The number of ether oxygens (including phenoxy) is 1. The maximum atomic E-state index is 5.47. The van der Waals surface area contributed by atoms with Crippen molar-refractivity contribution in [3.63, 3.8) is 0 Å². The van der Waals surface area contributed by atoms with E-state index in [1.54, 1.807) is 0 Å². The molecule has 5 heteroatoms. The van der Waals surface area contributed by atoms with Crippen molar-refractivity contribution in [3.05, 3.63) is 35.4 Å². The minimum Gasteiger partial charge on any atom is -0.381 e. The molecule has 2 aliphatic heterocycles. The zero-order chi connectivity index (χ0) is 17.5. The fraction of sp³-hybridized carbons (Fsp3) is 0.650. The van der Waals surface area contributed by atoms with Crippen molar-refractivity contribution in [1.82, 2.24) is 15.1 Å². The zero-order valence-corrected chi connectivity index (χ0v) is 15.7. The van der Waals surface area contributed by atoms with E-state index in [1.165, 1.54) is 37.1 Å². The Morgan fingerprint density at radius 2 is 1.96 bits per heavy atom. The van der Waals surface area contributed by atoms with E-state index in [0.717, 1.165) is 45.2 Å². The number of hydrogen-bond donors (Lipinski definition) is 1. The monoisotopic (exact) mass is 344 g/mol. The molecular weight excluding hydrogens is 312 g/mol. The molecule has 25 heavy (non-hydrogen) atoms. The third kappa shape index (κ3) is 5.44. The Hall–Kier alpha value is -1.59. The van der Waals surface area contributed by atoms with Crippen LogP contribution >= 0.6 is 0 Å². The van der Waals surface area contributed by atoms with Gasteiger partial charge in [0.15, 0.2) is 5.96 Å². The number of nitrogens with one attached hydrogen (secondary N) is 1. The van der Waals surface area contributed by atoms with Crippen LogP contribution < -0.4 is 5.32 Å². The first-order valence-corrected chi connectivity index (χ1v) is 9.54. The normalized spacial score (nSPS) is 21.7. The number of nitrogens with zero attached hydrogens (tertiary/aromatic N) is 3. The third-order valence-corrected chi connectivity index (χ3v) is 5.21. The van der Waals surface area contributed by atoms with Crippen molar-refractivity contribution in [2.45, 2.75) is 32.4 Å². The highest BCUT2D eigenvalue weighted by Crippen LogP contribution is 2.14. The van der Waals surface area contributed by atoms with Gasteiger partial charge in [-0.2, -0.15) is 0 Å². The van der Waals surface area contributed by atoms with Crippen molar-refractivity contribution >= 4 is 5.96 Å². The van der Waals surface area contributed by atoms with Gasteiger partial charge in [-0.05, 0) is 43.5 Å². The molecule has 0 bridgehead atoms. The fourth-order valence-corrected chi connectivity index (χ4v) is 3.73. The number of guanidine groups is 1. The summed E-state index contributed by atoms with van der Waals surface area (Å²) in [6.07, 6.45) is 3.85. The maximum Gasteiger partial charge on any atom is 0.193 e. The highest BCUT2D eigenvalue weighted by Gasteiger charge is 2.19. The summed E-state index contributed by atoms with van der Waals surface area (Å²) >= 11 is 0. The number of benzene rings is 1. The van der Waals surface area contributed by atoms with Crippen LogP contribution in [-0.2, 0) is 17.8 Å². The molecule has 1 aromatic carbocycles. The molecule has 1 aromatic rings. The van der Waals surface area contributed by atoms with Gasteiger partial charge >= 0.3 is 0 Å². The standard InChI is InChI=1S/C20H32N4O/c1-21-20(23(2)14-19-9-12-25-16-19)22-13-17-5-7-18(8-6-17)15-24-10-3-4-11-24/h5-8,19H,3-4,9-16H2,1-2H3,(H,21,22). The summed E-state index contributed by atoms with van der Waals surface area (Å²) in [5.41, 5.74) is 2.71. The predicted molar refractivity (Wildman–Crippen MR) is 103 cm³/mol. The lowest BCUT2D eigenvalue weighted by Crippen LogP contribution is -2.41. The SMILES string of the molecule is CN=C(NCc1ccc(CN2CCCC2)cc1)N(C)CC1CCOC1. The van der Waals surface area contributed by atoms with E-state index in [1.807, 2.05) is 7.05 Å². The van der Waals surface area contributed by atoms with Gasteiger partial charge in [-0.25, -0.2) is 0 Å². The molecule has 138 valence electrons. The average molecular weight is 345 g/mol. The highest BCUT2D eigenvalue weighted by atomic mass is 16.5. The molecule has 0 aromatic heterocycles. The maximum absolute atomic E-state index is 5.47. The molecule has 0 spiro atoms. The largest absolute Gasteiger partial charge is 0.381 e. The average Bonchev–Trinajstić information content (AvgIpc) is 3.31. The summed E-state index contributed by atoms with van der Waals surface area (Å²) in [5, 5.41) is 3.48. The van der Waals surface area contributed by atoms with Crippen LogP contribution in [0.15, 0.2) is 29.3 Å². The first kappa shape index (κ1) is 18.2. The predicted octanol–water partition coefficient (Wildman–Crippen LogP) is 2.33. The van der Waals surface area contributed by atoms with Crippen molar-refractivity contribution in [1.29, 1.82) is 0 Å². The van der Waals surface area contributed by atoms with Crippen LogP contribution in [0.4, 0.5) is 0 Å². The summed E-state index contributed by atoms with van der Waals surface area (Å²) < 4.78 is 5.47. The van der Waals surface area contributed by atoms with Gasteiger partial charge in [-0.3, -0.25) is 9.89 Å². The van der Waals surface area contributed by atoms with Crippen molar-refractivity contribution in [2.75, 3.05) is 46.9 Å². The second-order valence-electron chi connectivity index (χ2n) is 7.31. The molecule has 2 aliphatic rings. The van der Waals surface area contributed by atoms with Crippen LogP contribution in [0.3, 0.4) is 0 Å². The van der Waals surface area contributed by atoms with Gasteiger partial charge in [0, 0.05) is 46.3 Å². The quantitative estimate of drug-likeness (QED) is 0.635. The van der Waals surface area contributed by atoms with Crippen molar-refractivity contribution in [2.24, 2.45) is 10.9 Å². The minimum absolute atomic E-state index is 0.619. The van der Waals surface area contributed by atoms with Gasteiger partial charge in [0.2, 0.25) is 0 Å². The molecule has 1 atom stereocenters. The van der Waals surface area contributed by atoms with Gasteiger partial charge in [0.1, 0.15) is 0 Å². The molecule has 2 heterocycles. The third-order valence-electron chi connectivity index (χ3n) is 5.21. The number of rotatable bonds is 6. The van der Waals surface area contributed by atoms with Gasteiger partial charge in [-0.15, -0.1) is 0 Å². The van der Waals surface area contributed by atoms with E-state index in [0.29, 0.717) is 5.92 Å². The summed E-state index contributed by atoms with van der Waals surface area (Å²) in [6.45, 7) is 7.16. The highest BCUT2D eigenvalue weighted by molar-refractivity contribution is 5.79. The van der Waals surface area contributed by atoms with Crippen LogP contribution in [0.5, 0.6) is 0 Å². The van der Waals surface area contributed by atoms with E-state index < -0.39 is 0 Å². The lowest BCUT2D eigenvalue weighted by molar-refractivity contribution is 0.181. The number of likely N-dealkylation sites (tertiary alicyclic amines) is 1. The summed E-state index contributed by atoms with van der Waals surface area (Å²) in [4.78, 5) is 9.16. The van der Waals surface area contributed by atoms with Gasteiger partial charge in [0.05, 0.1) is 6.61 Å². The van der Waals surface area contributed by atoms with E-state index in [-0.39, 0.29) is 0 Å².